The number of nitrogens with one attached hydrogen (secondary N) is 1. The second kappa shape index (κ2) is 4.31. The molecular formula is C11H15ClN4. The van der Waals surface area contributed by atoms with Gasteiger partial charge in [-0.05, 0) is 19.1 Å². The molecule has 0 bridgehead atoms. The average molecular weight is 239 g/mol. The fraction of sp³-hybridized carbons (Fsp3) is 0.364. The first-order valence-electron chi connectivity index (χ1n) is 5.21. The molecule has 1 atom stereocenters. The maximum absolute atomic E-state index is 6.08. The highest BCUT2D eigenvalue weighted by atomic mass is 35.5. The topological polar surface area (TPSA) is 55.9 Å². The summed E-state index contributed by atoms with van der Waals surface area (Å²) in [6.45, 7) is 2.58. The molecule has 0 amide bonds. The number of nitrogens with two attached hydrogens (primary N) is 1. The van der Waals surface area contributed by atoms with Crippen LogP contribution in [0, 0.1) is 0 Å². The maximum Gasteiger partial charge on any atom is 0.203 e. The van der Waals surface area contributed by atoms with E-state index in [2.05, 4.69) is 10.3 Å². The van der Waals surface area contributed by atoms with E-state index in [1.165, 1.54) is 0 Å². The van der Waals surface area contributed by atoms with Crippen molar-refractivity contribution in [3.63, 3.8) is 0 Å². The summed E-state index contributed by atoms with van der Waals surface area (Å²) in [6.07, 6.45) is 0. The zero-order valence-corrected chi connectivity index (χ0v) is 10.1. The van der Waals surface area contributed by atoms with Crippen LogP contribution >= 0.6 is 11.6 Å². The smallest absolute Gasteiger partial charge is 0.203 e. The molecule has 0 aliphatic carbocycles. The molecule has 86 valence electrons. The summed E-state index contributed by atoms with van der Waals surface area (Å²) in [5, 5.41) is 3.91. The minimum absolute atomic E-state index is 0.189. The number of rotatable bonds is 3. The number of hydrogen-bond donors (Lipinski definition) is 2. The maximum atomic E-state index is 6.08. The van der Waals surface area contributed by atoms with Crippen molar-refractivity contribution in [2.24, 2.45) is 12.8 Å². The molecular weight excluding hydrogens is 224 g/mol. The first-order valence-corrected chi connectivity index (χ1v) is 5.59. The minimum Gasteiger partial charge on any atom is -0.352 e. The molecule has 2 rings (SSSR count). The third-order valence-electron chi connectivity index (χ3n) is 2.59. The van der Waals surface area contributed by atoms with Gasteiger partial charge in [0.1, 0.15) is 5.52 Å². The molecule has 16 heavy (non-hydrogen) atoms. The predicted octanol–water partition coefficient (Wildman–Crippen LogP) is 1.99. The van der Waals surface area contributed by atoms with Gasteiger partial charge in [0.05, 0.1) is 10.5 Å². The van der Waals surface area contributed by atoms with Crippen LogP contribution in [-0.2, 0) is 7.05 Å². The average Bonchev–Trinajstić information content (AvgIpc) is 2.58. The molecule has 4 nitrogen and oxygen atoms in total. The van der Waals surface area contributed by atoms with Crippen molar-refractivity contribution in [3.8, 4) is 0 Å². The summed E-state index contributed by atoms with van der Waals surface area (Å²) in [4.78, 5) is 4.46. The Hall–Kier alpha value is -1.26. The zero-order valence-electron chi connectivity index (χ0n) is 9.37. The van der Waals surface area contributed by atoms with E-state index in [0.717, 1.165) is 17.0 Å². The number of halogens is 1. The van der Waals surface area contributed by atoms with Crippen LogP contribution in [0.1, 0.15) is 6.92 Å². The summed E-state index contributed by atoms with van der Waals surface area (Å²) >= 11 is 6.08. The van der Waals surface area contributed by atoms with Gasteiger partial charge in [0, 0.05) is 19.6 Å². The van der Waals surface area contributed by atoms with E-state index in [1.54, 1.807) is 0 Å². The van der Waals surface area contributed by atoms with Crippen molar-refractivity contribution >= 4 is 28.6 Å². The Bertz CT molecular complexity index is 506. The molecule has 0 aliphatic rings. The third-order valence-corrected chi connectivity index (χ3v) is 2.90. The molecule has 1 aromatic heterocycles. The van der Waals surface area contributed by atoms with Gasteiger partial charge in [0.2, 0.25) is 5.95 Å². The van der Waals surface area contributed by atoms with E-state index in [4.69, 9.17) is 17.3 Å². The lowest BCUT2D eigenvalue weighted by Crippen LogP contribution is -2.26. The Morgan fingerprint density at radius 3 is 2.94 bits per heavy atom. The molecule has 0 radical (unpaired) electrons. The van der Waals surface area contributed by atoms with Gasteiger partial charge in [-0.15, -0.1) is 0 Å². The number of aryl methyl sites for hydroxylation is 1. The molecule has 1 heterocycles. The number of fused-ring (bicyclic) bond motifs is 1. The number of benzene rings is 1. The highest BCUT2D eigenvalue weighted by Gasteiger charge is 2.11. The fourth-order valence-electron chi connectivity index (χ4n) is 1.59. The Kier molecular flexibility index (Phi) is 3.03. The first kappa shape index (κ1) is 11.2. The van der Waals surface area contributed by atoms with Crippen LogP contribution in [0.15, 0.2) is 18.2 Å². The second-order valence-electron chi connectivity index (χ2n) is 3.88. The van der Waals surface area contributed by atoms with Crippen molar-refractivity contribution < 1.29 is 0 Å². The number of imidazole rings is 1. The van der Waals surface area contributed by atoms with Gasteiger partial charge in [-0.2, -0.15) is 0 Å². The van der Waals surface area contributed by atoms with Gasteiger partial charge in [-0.1, -0.05) is 17.7 Å². The zero-order chi connectivity index (χ0) is 11.7. The summed E-state index contributed by atoms with van der Waals surface area (Å²) in [7, 11) is 1.96. The monoisotopic (exact) mass is 238 g/mol. The van der Waals surface area contributed by atoms with Crippen molar-refractivity contribution in [1.82, 2.24) is 9.55 Å². The lowest BCUT2D eigenvalue weighted by atomic mass is 10.3. The van der Waals surface area contributed by atoms with Gasteiger partial charge in [0.25, 0.3) is 0 Å². The summed E-state index contributed by atoms with van der Waals surface area (Å²) in [6, 6.07) is 5.94. The largest absolute Gasteiger partial charge is 0.352 e. The van der Waals surface area contributed by atoms with Gasteiger partial charge in [0.15, 0.2) is 0 Å². The van der Waals surface area contributed by atoms with Crippen LogP contribution in [0.2, 0.25) is 5.02 Å². The quantitative estimate of drug-likeness (QED) is 0.860. The number of hydrogen-bond acceptors (Lipinski definition) is 3. The minimum atomic E-state index is 0.189. The molecule has 5 heteroatoms. The third kappa shape index (κ3) is 1.86. The van der Waals surface area contributed by atoms with Crippen molar-refractivity contribution in [2.75, 3.05) is 11.9 Å². The number of aromatic nitrogens is 2. The van der Waals surface area contributed by atoms with Gasteiger partial charge >= 0.3 is 0 Å². The molecule has 0 spiro atoms. The molecule has 2 aromatic rings. The molecule has 1 unspecified atom stereocenters. The van der Waals surface area contributed by atoms with E-state index in [1.807, 2.05) is 36.7 Å². The summed E-state index contributed by atoms with van der Waals surface area (Å²) in [5.41, 5.74) is 7.40. The molecule has 1 aromatic carbocycles. The van der Waals surface area contributed by atoms with Crippen LogP contribution in [0.25, 0.3) is 11.0 Å². The van der Waals surface area contributed by atoms with Crippen LogP contribution in [0.5, 0.6) is 0 Å². The number of para-hydroxylation sites is 1. The van der Waals surface area contributed by atoms with Gasteiger partial charge in [-0.25, -0.2) is 4.98 Å². The van der Waals surface area contributed by atoms with E-state index >= 15 is 0 Å². The Balaban J connectivity index is 2.48. The lowest BCUT2D eigenvalue weighted by Gasteiger charge is -2.11. The highest BCUT2D eigenvalue weighted by molar-refractivity contribution is 6.35. The highest BCUT2D eigenvalue weighted by Crippen LogP contribution is 2.25. The SMILES string of the molecule is CC(CN)Nc1nc2c(Cl)cccc2n1C. The molecule has 0 saturated carbocycles. The first-order chi connectivity index (χ1) is 7.63. The molecule has 0 aliphatic heterocycles. The number of nitrogens with zero attached hydrogens (tertiary/aromatic N) is 2. The molecule has 0 saturated heterocycles. The predicted molar refractivity (Wildman–Crippen MR) is 67.9 cm³/mol. The van der Waals surface area contributed by atoms with Gasteiger partial charge < -0.3 is 15.6 Å². The van der Waals surface area contributed by atoms with Crippen LogP contribution in [0.3, 0.4) is 0 Å². The number of anilines is 1. The summed E-state index contributed by atoms with van der Waals surface area (Å²) in [5.74, 6) is 0.793. The van der Waals surface area contributed by atoms with E-state index in [9.17, 15) is 0 Å². The Morgan fingerprint density at radius 1 is 1.56 bits per heavy atom. The lowest BCUT2D eigenvalue weighted by molar-refractivity contribution is 0.777. The van der Waals surface area contributed by atoms with Crippen LogP contribution < -0.4 is 11.1 Å². The van der Waals surface area contributed by atoms with Crippen molar-refractivity contribution in [3.05, 3.63) is 23.2 Å². The normalized spacial score (nSPS) is 13.0. The molecule has 0 fully saturated rings. The fourth-order valence-corrected chi connectivity index (χ4v) is 1.80. The molecule has 3 N–H and O–H groups in total. The second-order valence-corrected chi connectivity index (χ2v) is 4.29. The van der Waals surface area contributed by atoms with E-state index in [0.29, 0.717) is 11.6 Å². The van der Waals surface area contributed by atoms with E-state index in [-0.39, 0.29) is 6.04 Å². The summed E-state index contributed by atoms with van der Waals surface area (Å²) < 4.78 is 1.98. The Morgan fingerprint density at radius 2 is 2.31 bits per heavy atom. The van der Waals surface area contributed by atoms with Crippen LogP contribution in [-0.4, -0.2) is 22.1 Å². The van der Waals surface area contributed by atoms with E-state index < -0.39 is 0 Å². The Labute approximate surface area is 99.4 Å². The van der Waals surface area contributed by atoms with Crippen molar-refractivity contribution in [2.45, 2.75) is 13.0 Å². The van der Waals surface area contributed by atoms with Crippen molar-refractivity contribution in [1.29, 1.82) is 0 Å². The standard InChI is InChI=1S/C11H15ClN4/c1-7(6-13)14-11-15-10-8(12)4-3-5-9(10)16(11)2/h3-5,7H,6,13H2,1-2H3,(H,14,15). The van der Waals surface area contributed by atoms with Crippen LogP contribution in [0.4, 0.5) is 5.95 Å². The van der Waals surface area contributed by atoms with Gasteiger partial charge in [-0.3, -0.25) is 0 Å².